The first-order chi connectivity index (χ1) is 15.1. The van der Waals surface area contributed by atoms with Gasteiger partial charge in [-0.2, -0.15) is 0 Å². The van der Waals surface area contributed by atoms with Gasteiger partial charge in [0.25, 0.3) is 0 Å². The Kier molecular flexibility index (Phi) is 5.93. The average Bonchev–Trinajstić information content (AvgIpc) is 3.13. The minimum Gasteiger partial charge on any atom is -0.294 e. The molecule has 1 fully saturated rings. The van der Waals surface area contributed by atoms with Crippen LogP contribution in [0.3, 0.4) is 0 Å². The third-order valence-electron chi connectivity index (χ3n) is 4.94. The number of halogens is 3. The van der Waals surface area contributed by atoms with Gasteiger partial charge in [0.2, 0.25) is 10.0 Å². The van der Waals surface area contributed by atoms with Crippen molar-refractivity contribution in [3.63, 3.8) is 0 Å². The van der Waals surface area contributed by atoms with Gasteiger partial charge in [-0.3, -0.25) is 9.80 Å². The number of nitrogens with two attached hydrogens (primary N) is 1. The molecule has 2 N–H and O–H groups in total. The van der Waals surface area contributed by atoms with Crippen LogP contribution in [-0.4, -0.2) is 32.5 Å². The Morgan fingerprint density at radius 2 is 1.78 bits per heavy atom. The summed E-state index contributed by atoms with van der Waals surface area (Å²) >= 11 is 6.69. The Morgan fingerprint density at radius 1 is 1.12 bits per heavy atom. The van der Waals surface area contributed by atoms with Gasteiger partial charge in [-0.1, -0.05) is 35.1 Å². The standard InChI is InChI=1S/C20H17ClF2N4O3S2/c1-11-18(32(24,29)30)31-19(25-11)27-8-2-7-26(20(27)28)14-5-3-12(4-6-14)15-9-13(21)10-16(22)17(15)23/h3-6,9-10H,2,7-8H2,1H3,(H2,24,29,30). The predicted octanol–water partition coefficient (Wildman–Crippen LogP) is 4.53. The molecule has 0 aliphatic carbocycles. The maximum atomic E-state index is 14.2. The van der Waals surface area contributed by atoms with Crippen molar-refractivity contribution in [1.82, 2.24) is 4.98 Å². The molecule has 1 aliphatic heterocycles. The quantitative estimate of drug-likeness (QED) is 0.534. The number of aryl methyl sites for hydroxylation is 1. The van der Waals surface area contributed by atoms with Crippen LogP contribution in [0.2, 0.25) is 5.02 Å². The molecule has 3 aromatic rings. The number of primary sulfonamides is 1. The Morgan fingerprint density at radius 3 is 2.41 bits per heavy atom. The molecule has 1 aliphatic rings. The van der Waals surface area contributed by atoms with Crippen molar-refractivity contribution >= 4 is 49.8 Å². The molecule has 2 amide bonds. The van der Waals surface area contributed by atoms with E-state index in [1.807, 2.05) is 0 Å². The smallest absolute Gasteiger partial charge is 0.294 e. The molecular weight excluding hydrogens is 482 g/mol. The number of carbonyl (C=O) groups is 1. The zero-order valence-corrected chi connectivity index (χ0v) is 19.1. The van der Waals surface area contributed by atoms with E-state index in [1.54, 1.807) is 24.3 Å². The normalized spacial score (nSPS) is 14.8. The van der Waals surface area contributed by atoms with E-state index in [1.165, 1.54) is 22.8 Å². The van der Waals surface area contributed by atoms with Crippen molar-refractivity contribution in [2.45, 2.75) is 17.6 Å². The fourth-order valence-corrected chi connectivity index (χ4v) is 5.65. The molecule has 32 heavy (non-hydrogen) atoms. The van der Waals surface area contributed by atoms with Crippen molar-refractivity contribution in [2.75, 3.05) is 22.9 Å². The first-order valence-corrected chi connectivity index (χ1v) is 12.1. The number of carbonyl (C=O) groups excluding carboxylic acids is 1. The van der Waals surface area contributed by atoms with Gasteiger partial charge in [-0.15, -0.1) is 0 Å². The first-order valence-electron chi connectivity index (χ1n) is 9.40. The van der Waals surface area contributed by atoms with E-state index < -0.39 is 21.7 Å². The van der Waals surface area contributed by atoms with E-state index in [9.17, 15) is 22.0 Å². The molecule has 0 bridgehead atoms. The summed E-state index contributed by atoms with van der Waals surface area (Å²) in [6.45, 7) is 2.32. The van der Waals surface area contributed by atoms with E-state index in [2.05, 4.69) is 4.98 Å². The number of nitrogens with zero attached hydrogens (tertiary/aromatic N) is 3. The van der Waals surface area contributed by atoms with Gasteiger partial charge in [0.1, 0.15) is 0 Å². The molecule has 1 aromatic heterocycles. The van der Waals surface area contributed by atoms with Crippen LogP contribution in [0.25, 0.3) is 11.1 Å². The summed E-state index contributed by atoms with van der Waals surface area (Å²) in [5, 5.41) is 5.53. The highest BCUT2D eigenvalue weighted by Gasteiger charge is 2.31. The summed E-state index contributed by atoms with van der Waals surface area (Å²) in [6.07, 6.45) is 0.616. The zero-order valence-electron chi connectivity index (χ0n) is 16.7. The fraction of sp³-hybridized carbons (Fsp3) is 0.200. The van der Waals surface area contributed by atoms with Crippen LogP contribution in [0.5, 0.6) is 0 Å². The number of hydrogen-bond donors (Lipinski definition) is 1. The van der Waals surface area contributed by atoms with E-state index in [0.717, 1.165) is 17.4 Å². The third-order valence-corrected chi connectivity index (χ3v) is 7.89. The lowest BCUT2D eigenvalue weighted by Gasteiger charge is -2.34. The fourth-order valence-electron chi connectivity index (χ4n) is 3.48. The molecule has 2 heterocycles. The Balaban J connectivity index is 1.62. The van der Waals surface area contributed by atoms with Gasteiger partial charge >= 0.3 is 6.03 Å². The lowest BCUT2D eigenvalue weighted by Crippen LogP contribution is -2.49. The maximum absolute atomic E-state index is 14.2. The molecule has 0 atom stereocenters. The largest absolute Gasteiger partial charge is 0.330 e. The molecule has 168 valence electrons. The summed E-state index contributed by atoms with van der Waals surface area (Å²) in [7, 11) is -3.94. The van der Waals surface area contributed by atoms with Gasteiger partial charge in [-0.05, 0) is 43.2 Å². The number of rotatable bonds is 4. The van der Waals surface area contributed by atoms with Gasteiger partial charge < -0.3 is 0 Å². The van der Waals surface area contributed by atoms with Crippen molar-refractivity contribution < 1.29 is 22.0 Å². The summed E-state index contributed by atoms with van der Waals surface area (Å²) in [5.41, 5.74) is 1.20. The molecule has 2 aromatic carbocycles. The van der Waals surface area contributed by atoms with Gasteiger partial charge in [-0.25, -0.2) is 32.1 Å². The van der Waals surface area contributed by atoms with Gasteiger partial charge in [0, 0.05) is 29.4 Å². The summed E-state index contributed by atoms with van der Waals surface area (Å²) in [6, 6.07) is 8.24. The van der Waals surface area contributed by atoms with Crippen LogP contribution in [0.15, 0.2) is 40.6 Å². The molecular formula is C20H17ClF2N4O3S2. The number of amides is 2. The van der Waals surface area contributed by atoms with Crippen LogP contribution >= 0.6 is 22.9 Å². The second-order valence-corrected chi connectivity index (χ2v) is 10.3. The van der Waals surface area contributed by atoms with Gasteiger partial charge in [0.05, 0.1) is 5.69 Å². The summed E-state index contributed by atoms with van der Waals surface area (Å²) in [4.78, 5) is 20.2. The van der Waals surface area contributed by atoms with Crippen molar-refractivity contribution in [2.24, 2.45) is 5.14 Å². The molecule has 7 nitrogen and oxygen atoms in total. The van der Waals surface area contributed by atoms with Gasteiger partial charge in [0.15, 0.2) is 21.0 Å². The summed E-state index contributed by atoms with van der Waals surface area (Å²) in [5.74, 6) is -2.05. The zero-order chi connectivity index (χ0) is 23.2. The molecule has 12 heteroatoms. The minimum atomic E-state index is -3.94. The monoisotopic (exact) mass is 498 g/mol. The molecule has 0 unspecified atom stereocenters. The van der Waals surface area contributed by atoms with Crippen molar-refractivity contribution in [3.05, 3.63) is 58.7 Å². The second kappa shape index (κ2) is 8.39. The lowest BCUT2D eigenvalue weighted by atomic mass is 10.0. The highest BCUT2D eigenvalue weighted by Crippen LogP contribution is 2.33. The average molecular weight is 499 g/mol. The SMILES string of the molecule is Cc1nc(N2CCCN(c3ccc(-c4cc(Cl)cc(F)c4F)cc3)C2=O)sc1S(N)(=O)=O. The number of thiazole rings is 1. The molecule has 1 saturated heterocycles. The number of urea groups is 1. The highest BCUT2D eigenvalue weighted by molar-refractivity contribution is 7.91. The summed E-state index contributed by atoms with van der Waals surface area (Å²) < 4.78 is 51.2. The van der Waals surface area contributed by atoms with Crippen LogP contribution in [0.4, 0.5) is 24.4 Å². The number of aromatic nitrogens is 1. The van der Waals surface area contributed by atoms with Crippen LogP contribution < -0.4 is 14.9 Å². The van der Waals surface area contributed by atoms with E-state index in [0.29, 0.717) is 30.8 Å². The molecule has 0 spiro atoms. The van der Waals surface area contributed by atoms with Crippen LogP contribution in [-0.2, 0) is 10.0 Å². The Bertz CT molecular complexity index is 1310. The van der Waals surface area contributed by atoms with E-state index in [-0.39, 0.29) is 31.7 Å². The number of sulfonamides is 1. The topological polar surface area (TPSA) is 96.6 Å². The first kappa shape index (κ1) is 22.6. The van der Waals surface area contributed by atoms with Crippen LogP contribution in [0, 0.1) is 18.6 Å². The van der Waals surface area contributed by atoms with Crippen molar-refractivity contribution in [3.8, 4) is 11.1 Å². The third kappa shape index (κ3) is 4.20. The number of hydrogen-bond acceptors (Lipinski definition) is 5. The Hall–Kier alpha value is -2.60. The Labute approximate surface area is 192 Å². The number of anilines is 2. The molecule has 0 saturated carbocycles. The minimum absolute atomic E-state index is 0.0157. The predicted molar refractivity (Wildman–Crippen MR) is 120 cm³/mol. The number of benzene rings is 2. The molecule has 4 rings (SSSR count). The van der Waals surface area contributed by atoms with Crippen molar-refractivity contribution in [1.29, 1.82) is 0 Å². The lowest BCUT2D eigenvalue weighted by molar-refractivity contribution is 0.248. The highest BCUT2D eigenvalue weighted by atomic mass is 35.5. The van der Waals surface area contributed by atoms with E-state index >= 15 is 0 Å². The van der Waals surface area contributed by atoms with E-state index in [4.69, 9.17) is 16.7 Å². The molecule has 0 radical (unpaired) electrons. The second-order valence-electron chi connectivity index (χ2n) is 7.15. The maximum Gasteiger partial charge on any atom is 0.330 e. The van der Waals surface area contributed by atoms with Crippen LogP contribution in [0.1, 0.15) is 12.1 Å².